The van der Waals surface area contributed by atoms with Gasteiger partial charge in [-0.3, -0.25) is 9.78 Å². The van der Waals surface area contributed by atoms with Crippen LogP contribution in [0, 0.1) is 40.4 Å². The average molecular weight is 438 g/mol. The number of aliphatic hydroxyl groups is 1. The second kappa shape index (κ2) is 8.23. The SMILES string of the molecule is CC(=NNC(=O)c1ccncc1)[C@H]1CC[C@@H]2[C@H]3CC[C@@H]4C[C@@H](O)CC[C@]4(C)[C@H]3CC[C@]12C. The van der Waals surface area contributed by atoms with Crippen LogP contribution in [0.15, 0.2) is 29.6 Å². The third-order valence-electron chi connectivity index (χ3n) is 10.4. The van der Waals surface area contributed by atoms with E-state index in [9.17, 15) is 9.90 Å². The number of fused-ring (bicyclic) bond motifs is 5. The van der Waals surface area contributed by atoms with Crippen LogP contribution in [0.2, 0.25) is 0 Å². The molecule has 8 atom stereocenters. The highest BCUT2D eigenvalue weighted by atomic mass is 16.3. The van der Waals surface area contributed by atoms with Gasteiger partial charge in [0.25, 0.3) is 5.91 Å². The van der Waals surface area contributed by atoms with E-state index in [4.69, 9.17) is 0 Å². The molecule has 1 aromatic rings. The Morgan fingerprint density at radius 1 is 1.03 bits per heavy atom. The summed E-state index contributed by atoms with van der Waals surface area (Å²) in [6.07, 6.45) is 14.1. The molecule has 174 valence electrons. The van der Waals surface area contributed by atoms with Crippen LogP contribution in [0.3, 0.4) is 0 Å². The minimum absolute atomic E-state index is 0.0736. The third-order valence-corrected chi connectivity index (χ3v) is 10.4. The lowest BCUT2D eigenvalue weighted by Crippen LogP contribution is -2.54. The highest BCUT2D eigenvalue weighted by Crippen LogP contribution is 2.67. The molecule has 2 N–H and O–H groups in total. The molecule has 0 spiro atoms. The van der Waals surface area contributed by atoms with E-state index in [0.717, 1.165) is 36.3 Å². The summed E-state index contributed by atoms with van der Waals surface area (Å²) in [5, 5.41) is 14.8. The van der Waals surface area contributed by atoms with E-state index in [1.807, 2.05) is 0 Å². The Hall–Kier alpha value is -1.75. The standard InChI is InChI=1S/C27H39N3O2/c1-17(29-30-25(32)18-10-14-28-15-11-18)22-6-7-23-21-5-4-19-16-20(31)8-12-26(19,2)24(21)9-13-27(22,23)3/h10-11,14-15,19-24,31H,4-9,12-13,16H2,1-3H3,(H,30,32)/t19-,20+,21-,22-,23-,24+,26+,27-/m1/s1. The molecule has 4 aliphatic carbocycles. The molecule has 0 bridgehead atoms. The van der Waals surface area contributed by atoms with Crippen molar-refractivity contribution < 1.29 is 9.90 Å². The number of aromatic nitrogens is 1. The number of hydrogen-bond donors (Lipinski definition) is 2. The van der Waals surface area contributed by atoms with Gasteiger partial charge in [-0.1, -0.05) is 13.8 Å². The number of pyridine rings is 1. The van der Waals surface area contributed by atoms with E-state index in [2.05, 4.69) is 36.3 Å². The number of carbonyl (C=O) groups excluding carboxylic acids is 1. The molecule has 5 rings (SSSR count). The van der Waals surface area contributed by atoms with Gasteiger partial charge in [0.1, 0.15) is 0 Å². The zero-order chi connectivity index (χ0) is 22.5. The van der Waals surface area contributed by atoms with Gasteiger partial charge in [0, 0.05) is 29.6 Å². The smallest absolute Gasteiger partial charge is 0.271 e. The summed E-state index contributed by atoms with van der Waals surface area (Å²) in [4.78, 5) is 16.4. The zero-order valence-electron chi connectivity index (χ0n) is 19.9. The summed E-state index contributed by atoms with van der Waals surface area (Å²) in [6.45, 7) is 7.17. The van der Waals surface area contributed by atoms with Gasteiger partial charge >= 0.3 is 0 Å². The van der Waals surface area contributed by atoms with Crippen molar-refractivity contribution in [1.82, 2.24) is 10.4 Å². The van der Waals surface area contributed by atoms with Gasteiger partial charge in [-0.25, -0.2) is 5.43 Å². The maximum Gasteiger partial charge on any atom is 0.271 e. The Bertz CT molecular complexity index is 886. The fourth-order valence-corrected chi connectivity index (χ4v) is 8.71. The molecule has 0 aromatic carbocycles. The van der Waals surface area contributed by atoms with Gasteiger partial charge in [0.05, 0.1) is 6.10 Å². The topological polar surface area (TPSA) is 74.6 Å². The van der Waals surface area contributed by atoms with Gasteiger partial charge in [-0.2, -0.15) is 5.10 Å². The van der Waals surface area contributed by atoms with Crippen LogP contribution in [-0.4, -0.2) is 27.8 Å². The number of rotatable bonds is 3. The summed E-state index contributed by atoms with van der Waals surface area (Å²) >= 11 is 0. The molecule has 32 heavy (non-hydrogen) atoms. The van der Waals surface area contributed by atoms with E-state index in [1.165, 1.54) is 44.9 Å². The van der Waals surface area contributed by atoms with Crippen molar-refractivity contribution in [2.24, 2.45) is 45.5 Å². The van der Waals surface area contributed by atoms with Crippen LogP contribution < -0.4 is 5.43 Å². The Morgan fingerprint density at radius 2 is 1.75 bits per heavy atom. The van der Waals surface area contributed by atoms with Crippen LogP contribution in [0.4, 0.5) is 0 Å². The normalized spacial score (nSPS) is 43.7. The second-order valence-corrected chi connectivity index (χ2v) is 11.7. The molecule has 0 unspecified atom stereocenters. The Kier molecular flexibility index (Phi) is 5.68. The first kappa shape index (κ1) is 22.1. The van der Waals surface area contributed by atoms with Crippen LogP contribution in [0.25, 0.3) is 0 Å². The number of aliphatic hydroxyl groups excluding tert-OH is 1. The summed E-state index contributed by atoms with van der Waals surface area (Å²) in [7, 11) is 0. The van der Waals surface area contributed by atoms with Gasteiger partial charge in [-0.05, 0) is 111 Å². The average Bonchev–Trinajstić information content (AvgIpc) is 3.15. The van der Waals surface area contributed by atoms with Gasteiger partial charge in [0.2, 0.25) is 0 Å². The predicted octanol–water partition coefficient (Wildman–Crippen LogP) is 5.21. The molecule has 1 amide bonds. The first-order valence-corrected chi connectivity index (χ1v) is 12.8. The number of nitrogens with zero attached hydrogens (tertiary/aromatic N) is 2. The number of hydrazone groups is 1. The van der Waals surface area contributed by atoms with Gasteiger partial charge in [0.15, 0.2) is 0 Å². The fraction of sp³-hybridized carbons (Fsp3) is 0.741. The molecule has 5 heteroatoms. The van der Waals surface area contributed by atoms with Crippen LogP contribution in [-0.2, 0) is 0 Å². The molecule has 5 nitrogen and oxygen atoms in total. The number of nitrogens with one attached hydrogen (secondary N) is 1. The van der Waals surface area contributed by atoms with Crippen LogP contribution in [0.1, 0.15) is 88.9 Å². The minimum Gasteiger partial charge on any atom is -0.393 e. The van der Waals surface area contributed by atoms with Crippen molar-refractivity contribution in [2.75, 3.05) is 0 Å². The molecular formula is C27H39N3O2. The van der Waals surface area contributed by atoms with Crippen molar-refractivity contribution in [3.63, 3.8) is 0 Å². The van der Waals surface area contributed by atoms with E-state index in [0.29, 0.717) is 22.8 Å². The predicted molar refractivity (Wildman–Crippen MR) is 126 cm³/mol. The van der Waals surface area contributed by atoms with Crippen LogP contribution in [0.5, 0.6) is 0 Å². The molecule has 0 saturated heterocycles. The monoisotopic (exact) mass is 437 g/mol. The lowest BCUT2D eigenvalue weighted by molar-refractivity contribution is -0.123. The Labute approximate surface area is 192 Å². The van der Waals surface area contributed by atoms with Crippen molar-refractivity contribution in [3.05, 3.63) is 30.1 Å². The van der Waals surface area contributed by atoms with Gasteiger partial charge < -0.3 is 5.11 Å². The maximum absolute atomic E-state index is 12.4. The van der Waals surface area contributed by atoms with Crippen LogP contribution >= 0.6 is 0 Å². The summed E-state index contributed by atoms with van der Waals surface area (Å²) in [5.41, 5.74) is 5.17. The highest BCUT2D eigenvalue weighted by molar-refractivity contribution is 5.95. The summed E-state index contributed by atoms with van der Waals surface area (Å²) < 4.78 is 0. The molecule has 0 radical (unpaired) electrons. The molecule has 4 saturated carbocycles. The molecule has 1 heterocycles. The molecule has 1 aromatic heterocycles. The minimum atomic E-state index is -0.166. The number of carbonyl (C=O) groups is 1. The molecule has 4 fully saturated rings. The fourth-order valence-electron chi connectivity index (χ4n) is 8.71. The van der Waals surface area contributed by atoms with E-state index < -0.39 is 0 Å². The molecule has 4 aliphatic rings. The first-order valence-electron chi connectivity index (χ1n) is 12.8. The second-order valence-electron chi connectivity index (χ2n) is 11.7. The lowest BCUT2D eigenvalue weighted by atomic mass is 9.44. The van der Waals surface area contributed by atoms with Crippen molar-refractivity contribution in [1.29, 1.82) is 0 Å². The zero-order valence-corrected chi connectivity index (χ0v) is 19.9. The Morgan fingerprint density at radius 3 is 2.53 bits per heavy atom. The number of hydrogen-bond acceptors (Lipinski definition) is 4. The van der Waals surface area contributed by atoms with E-state index >= 15 is 0 Å². The quantitative estimate of drug-likeness (QED) is 0.504. The lowest BCUT2D eigenvalue weighted by Gasteiger charge is -2.61. The molecular weight excluding hydrogens is 398 g/mol. The summed E-state index contributed by atoms with van der Waals surface area (Å²) in [5.74, 6) is 3.38. The van der Waals surface area contributed by atoms with Crippen molar-refractivity contribution in [3.8, 4) is 0 Å². The van der Waals surface area contributed by atoms with Crippen molar-refractivity contribution >= 4 is 11.6 Å². The first-order chi connectivity index (χ1) is 15.3. The largest absolute Gasteiger partial charge is 0.393 e. The van der Waals surface area contributed by atoms with Gasteiger partial charge in [-0.15, -0.1) is 0 Å². The van der Waals surface area contributed by atoms with E-state index in [-0.39, 0.29) is 17.4 Å². The number of amides is 1. The molecule has 0 aliphatic heterocycles. The third kappa shape index (κ3) is 3.52. The maximum atomic E-state index is 12.4. The van der Waals surface area contributed by atoms with E-state index in [1.54, 1.807) is 24.5 Å². The van der Waals surface area contributed by atoms with Crippen molar-refractivity contribution in [2.45, 2.75) is 84.7 Å². The highest BCUT2D eigenvalue weighted by Gasteiger charge is 2.60. The Balaban J connectivity index is 1.31. The summed E-state index contributed by atoms with van der Waals surface area (Å²) in [6, 6.07) is 3.44.